The Morgan fingerprint density at radius 1 is 1.41 bits per heavy atom. The fraction of sp³-hybridized carbons (Fsp3) is 0.214. The van der Waals surface area contributed by atoms with E-state index < -0.39 is 11.9 Å². The van der Waals surface area contributed by atoms with Crippen molar-refractivity contribution in [3.63, 3.8) is 0 Å². The van der Waals surface area contributed by atoms with Gasteiger partial charge in [0.05, 0.1) is 12.6 Å². The van der Waals surface area contributed by atoms with Gasteiger partial charge < -0.3 is 15.3 Å². The van der Waals surface area contributed by atoms with Gasteiger partial charge in [-0.15, -0.1) is 0 Å². The zero-order valence-corrected chi connectivity index (χ0v) is 13.1. The average molecular weight is 344 g/mol. The zero-order chi connectivity index (χ0) is 16.4. The molecule has 1 aromatic rings. The fourth-order valence-corrected chi connectivity index (χ4v) is 1.98. The lowest BCUT2D eigenvalue weighted by atomic mass is 10.2. The number of aliphatic imine (C=N–C) groups is 1. The van der Waals surface area contributed by atoms with Gasteiger partial charge in [-0.3, -0.25) is 4.79 Å². The summed E-state index contributed by atoms with van der Waals surface area (Å²) in [4.78, 5) is 19.9. The van der Waals surface area contributed by atoms with Crippen LogP contribution in [0.2, 0.25) is 10.0 Å². The summed E-state index contributed by atoms with van der Waals surface area (Å²) >= 11 is 11.7. The summed E-state index contributed by atoms with van der Waals surface area (Å²) < 4.78 is 0. The van der Waals surface area contributed by atoms with Crippen LogP contribution in [0.15, 0.2) is 34.4 Å². The second-order valence-electron chi connectivity index (χ2n) is 4.12. The van der Waals surface area contributed by atoms with Crippen molar-refractivity contribution < 1.29 is 14.7 Å². The van der Waals surface area contributed by atoms with Crippen molar-refractivity contribution in [2.75, 3.05) is 13.2 Å². The van der Waals surface area contributed by atoms with Gasteiger partial charge in [0.25, 0.3) is 0 Å². The summed E-state index contributed by atoms with van der Waals surface area (Å²) in [7, 11) is 0. The van der Waals surface area contributed by atoms with Gasteiger partial charge in [-0.1, -0.05) is 28.4 Å². The third-order valence-electron chi connectivity index (χ3n) is 2.36. The normalized spacial score (nSPS) is 12.5. The fourth-order valence-electron chi connectivity index (χ4n) is 1.43. The Hall–Kier alpha value is -1.89. The predicted octanol–water partition coefficient (Wildman–Crippen LogP) is 2.14. The van der Waals surface area contributed by atoms with Crippen LogP contribution in [0.1, 0.15) is 5.56 Å². The molecule has 8 heteroatoms. The minimum Gasteiger partial charge on any atom is -0.394 e. The van der Waals surface area contributed by atoms with Crippen LogP contribution in [0.3, 0.4) is 0 Å². The van der Waals surface area contributed by atoms with E-state index in [1.807, 2.05) is 0 Å². The minimum atomic E-state index is -0.595. The molecule has 0 aliphatic heterocycles. The maximum atomic E-state index is 11.7. The van der Waals surface area contributed by atoms with Crippen LogP contribution in [0.5, 0.6) is 0 Å². The first kappa shape index (κ1) is 18.2. The van der Waals surface area contributed by atoms with E-state index in [1.54, 1.807) is 24.3 Å². The molecule has 1 atom stereocenters. The highest BCUT2D eigenvalue weighted by Crippen LogP contribution is 2.19. The smallest absolute Gasteiger partial charge is 0.244 e. The molecule has 1 rings (SSSR count). The second kappa shape index (κ2) is 9.94. The summed E-state index contributed by atoms with van der Waals surface area (Å²) in [6.07, 6.45) is 3.97. The van der Waals surface area contributed by atoms with Gasteiger partial charge in [-0.2, -0.15) is 0 Å². The largest absolute Gasteiger partial charge is 0.394 e. The van der Waals surface area contributed by atoms with E-state index in [1.165, 1.54) is 6.08 Å². The van der Waals surface area contributed by atoms with E-state index in [0.29, 0.717) is 15.6 Å². The number of hydrogen-bond donors (Lipinski definition) is 2. The molecule has 2 N–H and O–H groups in total. The molecule has 0 spiro atoms. The van der Waals surface area contributed by atoms with E-state index >= 15 is 0 Å². The Morgan fingerprint density at radius 2 is 2.09 bits per heavy atom. The van der Waals surface area contributed by atoms with E-state index in [-0.39, 0.29) is 13.2 Å². The summed E-state index contributed by atoms with van der Waals surface area (Å²) in [5.74, 6) is -0.399. The predicted molar refractivity (Wildman–Crippen MR) is 88.5 cm³/mol. The van der Waals surface area contributed by atoms with Gasteiger partial charge in [0.1, 0.15) is 6.61 Å². The first-order chi connectivity index (χ1) is 10.5. The monoisotopic (exact) mass is 343 g/mol. The number of amides is 1. The van der Waals surface area contributed by atoms with E-state index in [4.69, 9.17) is 33.1 Å². The minimum absolute atomic E-state index is 0.00505. The van der Waals surface area contributed by atoms with E-state index in [9.17, 15) is 4.79 Å². The molecule has 0 radical (unpaired) electrons. The number of nitrogens with one attached hydrogen (secondary N) is 1. The van der Waals surface area contributed by atoms with Crippen molar-refractivity contribution >= 4 is 48.2 Å². The van der Waals surface area contributed by atoms with Crippen LogP contribution in [0.4, 0.5) is 0 Å². The van der Waals surface area contributed by atoms with Gasteiger partial charge in [0.15, 0.2) is 6.34 Å². The molecule has 0 aliphatic carbocycles. The van der Waals surface area contributed by atoms with Gasteiger partial charge in [0.2, 0.25) is 5.91 Å². The van der Waals surface area contributed by atoms with Crippen molar-refractivity contribution in [3.8, 4) is 0 Å². The number of hydrogen-bond acceptors (Lipinski definition) is 4. The molecule has 0 fully saturated rings. The number of halogens is 2. The molecule has 0 bridgehead atoms. The molecule has 0 heterocycles. The molecule has 0 aliphatic rings. The molecule has 22 heavy (non-hydrogen) atoms. The highest BCUT2D eigenvalue weighted by molar-refractivity contribution is 6.34. The highest BCUT2D eigenvalue weighted by atomic mass is 35.5. The Kier molecular flexibility index (Phi) is 8.21. The van der Waals surface area contributed by atoms with Crippen LogP contribution in [-0.4, -0.2) is 43.3 Å². The lowest BCUT2D eigenvalue weighted by Gasteiger charge is -2.13. The van der Waals surface area contributed by atoms with Crippen molar-refractivity contribution in [1.82, 2.24) is 5.32 Å². The summed E-state index contributed by atoms with van der Waals surface area (Å²) in [6.45, 7) is 2.90. The molecule has 1 aromatic carbocycles. The van der Waals surface area contributed by atoms with Crippen LogP contribution in [0.25, 0.3) is 6.08 Å². The van der Waals surface area contributed by atoms with Gasteiger partial charge in [0, 0.05) is 16.1 Å². The van der Waals surface area contributed by atoms with Crippen molar-refractivity contribution in [2.24, 2.45) is 10.1 Å². The molecule has 118 valence electrons. The van der Waals surface area contributed by atoms with Crippen LogP contribution < -0.4 is 5.32 Å². The Labute approximate surface area is 138 Å². The summed E-state index contributed by atoms with van der Waals surface area (Å²) in [6, 6.07) is 4.34. The number of benzene rings is 1. The topological polar surface area (TPSA) is 83.3 Å². The molecule has 6 nitrogen and oxygen atoms in total. The van der Waals surface area contributed by atoms with Crippen molar-refractivity contribution in [3.05, 3.63) is 39.9 Å². The first-order valence-corrected chi connectivity index (χ1v) is 6.96. The number of aliphatic hydroxyl groups is 1. The third kappa shape index (κ3) is 7.21. The first-order valence-electron chi connectivity index (χ1n) is 6.20. The van der Waals surface area contributed by atoms with E-state index in [0.717, 1.165) is 6.34 Å². The lowest BCUT2D eigenvalue weighted by molar-refractivity contribution is -0.117. The molecular formula is C14H15Cl2N3O3. The molecule has 0 saturated carbocycles. The quantitative estimate of drug-likeness (QED) is 0.328. The highest BCUT2D eigenvalue weighted by Gasteiger charge is 2.10. The summed E-state index contributed by atoms with van der Waals surface area (Å²) in [5, 5.41) is 16.1. The second-order valence-corrected chi connectivity index (χ2v) is 5.00. The van der Waals surface area contributed by atoms with Gasteiger partial charge in [-0.05, 0) is 36.6 Å². The Bertz CT molecular complexity index is 556. The number of carbonyl (C=O) groups excluding carboxylic acids is 1. The van der Waals surface area contributed by atoms with Crippen LogP contribution in [0, 0.1) is 0 Å². The molecule has 0 aromatic heterocycles. The standard InChI is InChI=1S/C14H15Cl2N3O3/c1-17-9-18-22-8-13(7-20)19-14(21)3-2-10-4-11(15)6-12(16)5-10/h2-6,9,13,20H,1,7-8H2,(H,19,21)/b3-2+,18-9-. The van der Waals surface area contributed by atoms with E-state index in [2.05, 4.69) is 22.2 Å². The van der Waals surface area contributed by atoms with Crippen LogP contribution >= 0.6 is 23.2 Å². The van der Waals surface area contributed by atoms with Crippen molar-refractivity contribution in [2.45, 2.75) is 6.04 Å². The Morgan fingerprint density at radius 3 is 2.68 bits per heavy atom. The third-order valence-corrected chi connectivity index (χ3v) is 2.79. The number of aliphatic hydroxyl groups excluding tert-OH is 1. The van der Waals surface area contributed by atoms with Gasteiger partial charge in [-0.25, -0.2) is 4.99 Å². The molecule has 1 amide bonds. The van der Waals surface area contributed by atoms with Crippen LogP contribution in [-0.2, 0) is 9.63 Å². The molecule has 0 saturated heterocycles. The SMILES string of the molecule is C=N/C=N\OCC(CO)NC(=O)/C=C/c1cc(Cl)cc(Cl)c1. The average Bonchev–Trinajstić information content (AvgIpc) is 2.47. The lowest BCUT2D eigenvalue weighted by Crippen LogP contribution is -2.39. The number of rotatable bonds is 8. The molecular weight excluding hydrogens is 329 g/mol. The number of carbonyl (C=O) groups is 1. The maximum absolute atomic E-state index is 11.7. The molecule has 1 unspecified atom stereocenters. The van der Waals surface area contributed by atoms with Crippen molar-refractivity contribution in [1.29, 1.82) is 0 Å². The number of oxime groups is 1. The van der Waals surface area contributed by atoms with Gasteiger partial charge >= 0.3 is 0 Å². The zero-order valence-electron chi connectivity index (χ0n) is 11.6. The summed E-state index contributed by atoms with van der Waals surface area (Å²) in [5.41, 5.74) is 0.686. The maximum Gasteiger partial charge on any atom is 0.244 e. The number of nitrogens with zero attached hydrogens (tertiary/aromatic N) is 2. The Balaban J connectivity index is 2.54.